The second kappa shape index (κ2) is 8.61. The summed E-state index contributed by atoms with van der Waals surface area (Å²) in [5.41, 5.74) is 0. The molecule has 0 amide bonds. The van der Waals surface area contributed by atoms with Gasteiger partial charge in [0.1, 0.15) is 6.10 Å². The lowest BCUT2D eigenvalue weighted by Gasteiger charge is -2.16. The second-order valence-corrected chi connectivity index (χ2v) is 4.30. The molecule has 0 aromatic rings. The molecule has 0 aliphatic rings. The summed E-state index contributed by atoms with van der Waals surface area (Å²) in [5, 5.41) is 0. The van der Waals surface area contributed by atoms with E-state index in [9.17, 15) is 18.0 Å². The summed E-state index contributed by atoms with van der Waals surface area (Å²) >= 11 is 5.51. The van der Waals surface area contributed by atoms with Crippen molar-refractivity contribution >= 4 is 17.6 Å². The number of carbonyl (C=O) groups excluding carboxylic acids is 1. The van der Waals surface area contributed by atoms with Crippen LogP contribution in [-0.4, -0.2) is 24.1 Å². The molecule has 0 aromatic heterocycles. The molecule has 0 saturated carbocycles. The van der Waals surface area contributed by atoms with E-state index in [4.69, 9.17) is 16.3 Å². The molecule has 0 rings (SSSR count). The largest absolute Gasteiger partial charge is 0.463 e. The van der Waals surface area contributed by atoms with E-state index < -0.39 is 18.6 Å². The van der Waals surface area contributed by atoms with E-state index in [1.54, 1.807) is 0 Å². The molecule has 0 aliphatic carbocycles. The van der Waals surface area contributed by atoms with Crippen LogP contribution in [0.15, 0.2) is 0 Å². The van der Waals surface area contributed by atoms with Gasteiger partial charge in [0.05, 0.1) is 0 Å². The van der Waals surface area contributed by atoms with Gasteiger partial charge in [-0.05, 0) is 32.1 Å². The number of hydrogen-bond acceptors (Lipinski definition) is 2. The van der Waals surface area contributed by atoms with Gasteiger partial charge >= 0.3 is 12.1 Å². The van der Waals surface area contributed by atoms with Crippen LogP contribution in [0.25, 0.3) is 0 Å². The summed E-state index contributed by atoms with van der Waals surface area (Å²) in [4.78, 5) is 10.8. The normalized spacial score (nSPS) is 13.5. The number of rotatable bonds is 8. The van der Waals surface area contributed by atoms with Crippen molar-refractivity contribution < 1.29 is 22.7 Å². The summed E-state index contributed by atoms with van der Waals surface area (Å²) in [6, 6.07) is 0. The molecular weight excluding hydrogens is 257 g/mol. The van der Waals surface area contributed by atoms with Gasteiger partial charge in [-0.15, -0.1) is 11.6 Å². The number of ether oxygens (including phenoxy) is 1. The second-order valence-electron chi connectivity index (χ2n) is 3.92. The fraction of sp³-hybridized carbons (Fsp3) is 0.909. The van der Waals surface area contributed by atoms with Gasteiger partial charge < -0.3 is 4.74 Å². The maximum atomic E-state index is 11.9. The van der Waals surface area contributed by atoms with E-state index in [0.717, 1.165) is 0 Å². The van der Waals surface area contributed by atoms with Crippen LogP contribution in [0.1, 0.15) is 45.4 Å². The predicted molar refractivity (Wildman–Crippen MR) is 60.0 cm³/mol. The lowest BCUT2D eigenvalue weighted by Crippen LogP contribution is -2.17. The molecule has 2 nitrogen and oxygen atoms in total. The van der Waals surface area contributed by atoms with E-state index in [-0.39, 0.29) is 12.5 Å². The molecule has 102 valence electrons. The Labute approximate surface area is 104 Å². The van der Waals surface area contributed by atoms with Gasteiger partial charge in [-0.25, -0.2) is 0 Å². The Morgan fingerprint density at radius 3 is 2.29 bits per heavy atom. The molecular formula is C11H18ClF3O2. The molecule has 6 heteroatoms. The quantitative estimate of drug-likeness (QED) is 0.379. The number of carbonyl (C=O) groups is 1. The Kier molecular flexibility index (Phi) is 8.39. The number of halogens is 4. The maximum absolute atomic E-state index is 11.9. The van der Waals surface area contributed by atoms with Gasteiger partial charge in [-0.2, -0.15) is 13.2 Å². The summed E-state index contributed by atoms with van der Waals surface area (Å²) in [6.45, 7) is 1.30. The van der Waals surface area contributed by atoms with Crippen molar-refractivity contribution in [2.45, 2.75) is 57.7 Å². The molecule has 0 heterocycles. The Morgan fingerprint density at radius 2 is 1.82 bits per heavy atom. The Morgan fingerprint density at radius 1 is 1.24 bits per heavy atom. The zero-order valence-corrected chi connectivity index (χ0v) is 10.6. The van der Waals surface area contributed by atoms with Crippen LogP contribution < -0.4 is 0 Å². The molecule has 0 fully saturated rings. The molecule has 0 saturated heterocycles. The lowest BCUT2D eigenvalue weighted by molar-refractivity contribution is -0.148. The van der Waals surface area contributed by atoms with Crippen molar-refractivity contribution in [3.63, 3.8) is 0 Å². The number of alkyl halides is 4. The first-order valence-corrected chi connectivity index (χ1v) is 6.18. The van der Waals surface area contributed by atoms with Crippen molar-refractivity contribution in [2.24, 2.45) is 0 Å². The third-order valence-corrected chi connectivity index (χ3v) is 2.50. The van der Waals surface area contributed by atoms with Gasteiger partial charge in [0.15, 0.2) is 0 Å². The number of hydrogen-bond donors (Lipinski definition) is 0. The minimum atomic E-state index is -4.10. The average molecular weight is 275 g/mol. The zero-order valence-electron chi connectivity index (χ0n) is 9.86. The van der Waals surface area contributed by atoms with Gasteiger partial charge in [0, 0.05) is 19.2 Å². The Balaban J connectivity index is 3.78. The first kappa shape index (κ1) is 16.6. The highest BCUT2D eigenvalue weighted by Crippen LogP contribution is 2.23. The standard InChI is InChI=1S/C11H18ClF3O2/c1-9(16)17-10(6-4-8-12)5-2-3-7-11(13,14)15/h10H,2-8H2,1H3. The van der Waals surface area contributed by atoms with E-state index in [1.165, 1.54) is 6.92 Å². The van der Waals surface area contributed by atoms with Crippen LogP contribution in [0.4, 0.5) is 13.2 Å². The van der Waals surface area contributed by atoms with Gasteiger partial charge in [0.2, 0.25) is 0 Å². The minimum absolute atomic E-state index is 0.0716. The van der Waals surface area contributed by atoms with Crippen molar-refractivity contribution in [1.29, 1.82) is 0 Å². The molecule has 0 N–H and O–H groups in total. The molecule has 0 bridgehead atoms. The summed E-state index contributed by atoms with van der Waals surface area (Å²) < 4.78 is 40.7. The van der Waals surface area contributed by atoms with Crippen LogP contribution in [0, 0.1) is 0 Å². The molecule has 0 aromatic carbocycles. The topological polar surface area (TPSA) is 26.3 Å². The highest BCUT2D eigenvalue weighted by molar-refractivity contribution is 6.17. The molecule has 1 atom stereocenters. The van der Waals surface area contributed by atoms with Crippen LogP contribution in [0.3, 0.4) is 0 Å². The number of unbranched alkanes of at least 4 members (excludes halogenated alkanes) is 1. The van der Waals surface area contributed by atoms with Crippen molar-refractivity contribution in [3.05, 3.63) is 0 Å². The highest BCUT2D eigenvalue weighted by Gasteiger charge is 2.26. The minimum Gasteiger partial charge on any atom is -0.463 e. The van der Waals surface area contributed by atoms with Gasteiger partial charge in [-0.3, -0.25) is 4.79 Å². The third-order valence-electron chi connectivity index (χ3n) is 2.23. The van der Waals surface area contributed by atoms with Gasteiger partial charge in [-0.1, -0.05) is 0 Å². The molecule has 0 radical (unpaired) electrons. The molecule has 0 spiro atoms. The van der Waals surface area contributed by atoms with E-state index in [2.05, 4.69) is 0 Å². The first-order chi connectivity index (χ1) is 7.85. The van der Waals surface area contributed by atoms with Crippen LogP contribution in [0.2, 0.25) is 0 Å². The van der Waals surface area contributed by atoms with E-state index in [1.807, 2.05) is 0 Å². The molecule has 0 aliphatic heterocycles. The Bertz CT molecular complexity index is 219. The van der Waals surface area contributed by atoms with E-state index >= 15 is 0 Å². The summed E-state index contributed by atoms with van der Waals surface area (Å²) in [7, 11) is 0. The SMILES string of the molecule is CC(=O)OC(CCCCl)CCCCC(F)(F)F. The monoisotopic (exact) mass is 274 g/mol. The van der Waals surface area contributed by atoms with Crippen LogP contribution in [-0.2, 0) is 9.53 Å². The highest BCUT2D eigenvalue weighted by atomic mass is 35.5. The fourth-order valence-corrected chi connectivity index (χ4v) is 1.65. The summed E-state index contributed by atoms with van der Waals surface area (Å²) in [6.07, 6.45) is -2.95. The third kappa shape index (κ3) is 11.8. The van der Waals surface area contributed by atoms with Crippen molar-refractivity contribution in [2.75, 3.05) is 5.88 Å². The average Bonchev–Trinajstić information content (AvgIpc) is 2.18. The van der Waals surface area contributed by atoms with Crippen LogP contribution in [0.5, 0.6) is 0 Å². The smallest absolute Gasteiger partial charge is 0.389 e. The van der Waals surface area contributed by atoms with Crippen molar-refractivity contribution in [3.8, 4) is 0 Å². The summed E-state index contributed by atoms with van der Waals surface area (Å²) in [5.74, 6) is 0.0562. The molecule has 17 heavy (non-hydrogen) atoms. The van der Waals surface area contributed by atoms with Crippen LogP contribution >= 0.6 is 11.6 Å². The predicted octanol–water partition coefficient (Wildman–Crippen LogP) is 4.06. The maximum Gasteiger partial charge on any atom is 0.389 e. The number of esters is 1. The van der Waals surface area contributed by atoms with Crippen molar-refractivity contribution in [1.82, 2.24) is 0 Å². The first-order valence-electron chi connectivity index (χ1n) is 5.65. The molecule has 1 unspecified atom stereocenters. The van der Waals surface area contributed by atoms with Gasteiger partial charge in [0.25, 0.3) is 0 Å². The lowest BCUT2D eigenvalue weighted by atomic mass is 10.1. The fourth-order valence-electron chi connectivity index (χ4n) is 1.50. The van der Waals surface area contributed by atoms with E-state index in [0.29, 0.717) is 31.6 Å². The zero-order chi connectivity index (χ0) is 13.3. The Hall–Kier alpha value is -0.450.